The molecule has 2 N–H and O–H groups in total. The van der Waals surface area contributed by atoms with E-state index >= 15 is 0 Å². The lowest BCUT2D eigenvalue weighted by Gasteiger charge is -2.17. The molecule has 0 amide bonds. The highest BCUT2D eigenvalue weighted by Gasteiger charge is 2.20. The van der Waals surface area contributed by atoms with Crippen LogP contribution in [-0.4, -0.2) is 15.2 Å². The number of aromatic amines is 1. The Labute approximate surface area is 118 Å². The second-order valence-corrected chi connectivity index (χ2v) is 5.88. The van der Waals surface area contributed by atoms with E-state index < -0.39 is 0 Å². The van der Waals surface area contributed by atoms with Crippen LogP contribution in [0.1, 0.15) is 45.0 Å². The fourth-order valence-electron chi connectivity index (χ4n) is 1.92. The number of nitrogens with zero attached hydrogens (tertiary/aromatic N) is 2. The Kier molecular flexibility index (Phi) is 3.88. The number of H-pyrrole nitrogens is 1. The van der Waals surface area contributed by atoms with Crippen LogP contribution < -0.4 is 10.9 Å². The van der Waals surface area contributed by atoms with E-state index in [0.29, 0.717) is 11.6 Å². The predicted molar refractivity (Wildman–Crippen MR) is 79.8 cm³/mol. The van der Waals surface area contributed by atoms with E-state index in [9.17, 15) is 4.79 Å². The first-order valence-corrected chi connectivity index (χ1v) is 6.67. The summed E-state index contributed by atoms with van der Waals surface area (Å²) in [6.45, 7) is 7.82. The first kappa shape index (κ1) is 14.2. The summed E-state index contributed by atoms with van der Waals surface area (Å²) in [5.41, 5.74) is 1.05. The van der Waals surface area contributed by atoms with Gasteiger partial charge in [-0.05, 0) is 12.5 Å². The average Bonchev–Trinajstić information content (AvgIpc) is 2.38. The monoisotopic (exact) mass is 272 g/mol. The van der Waals surface area contributed by atoms with Crippen molar-refractivity contribution in [2.24, 2.45) is 0 Å². The van der Waals surface area contributed by atoms with Crippen molar-refractivity contribution in [1.29, 1.82) is 0 Å². The minimum absolute atomic E-state index is 0.0432. The Morgan fingerprint density at radius 2 is 1.80 bits per heavy atom. The molecule has 1 heterocycles. The molecule has 2 aromatic rings. The third-order valence-electron chi connectivity index (χ3n) is 3.06. The first-order chi connectivity index (χ1) is 9.38. The zero-order chi connectivity index (χ0) is 14.8. The molecular formula is C15H20N4O. The van der Waals surface area contributed by atoms with E-state index in [-0.39, 0.29) is 17.0 Å². The van der Waals surface area contributed by atoms with Crippen LogP contribution in [0.25, 0.3) is 0 Å². The molecule has 5 heteroatoms. The van der Waals surface area contributed by atoms with Crippen LogP contribution >= 0.6 is 0 Å². The molecule has 1 aromatic carbocycles. The van der Waals surface area contributed by atoms with Crippen molar-refractivity contribution >= 4 is 5.95 Å². The standard InChI is InChI=1S/C15H20N4O/c1-10(11-8-6-5-7-9-11)16-14-17-13(20)12(18-19-14)15(2,3)4/h5-10H,1-4H3,(H2,16,17,19,20). The smallest absolute Gasteiger partial charge is 0.274 e. The van der Waals surface area contributed by atoms with Gasteiger partial charge in [0.25, 0.3) is 5.56 Å². The zero-order valence-corrected chi connectivity index (χ0v) is 12.3. The second-order valence-electron chi connectivity index (χ2n) is 5.88. The van der Waals surface area contributed by atoms with E-state index in [2.05, 4.69) is 20.5 Å². The lowest BCUT2D eigenvalue weighted by Crippen LogP contribution is -2.28. The highest BCUT2D eigenvalue weighted by molar-refractivity contribution is 5.30. The van der Waals surface area contributed by atoms with Crippen LogP contribution in [0.2, 0.25) is 0 Å². The van der Waals surface area contributed by atoms with E-state index in [0.717, 1.165) is 5.56 Å². The van der Waals surface area contributed by atoms with Crippen molar-refractivity contribution in [3.05, 3.63) is 51.9 Å². The molecule has 0 aliphatic heterocycles. The van der Waals surface area contributed by atoms with Crippen molar-refractivity contribution in [3.63, 3.8) is 0 Å². The van der Waals surface area contributed by atoms with Crippen molar-refractivity contribution in [2.75, 3.05) is 5.32 Å². The fourth-order valence-corrected chi connectivity index (χ4v) is 1.92. The van der Waals surface area contributed by atoms with Crippen LogP contribution in [0.4, 0.5) is 5.95 Å². The van der Waals surface area contributed by atoms with E-state index in [1.165, 1.54) is 0 Å². The summed E-state index contributed by atoms with van der Waals surface area (Å²) in [7, 11) is 0. The summed E-state index contributed by atoms with van der Waals surface area (Å²) in [4.78, 5) is 14.7. The number of nitrogens with one attached hydrogen (secondary N) is 2. The summed E-state index contributed by atoms with van der Waals surface area (Å²) < 4.78 is 0. The van der Waals surface area contributed by atoms with Gasteiger partial charge in [0.2, 0.25) is 5.95 Å². The normalized spacial score (nSPS) is 13.0. The number of hydrogen-bond donors (Lipinski definition) is 2. The highest BCUT2D eigenvalue weighted by atomic mass is 16.1. The Hall–Kier alpha value is -2.17. The van der Waals surface area contributed by atoms with Crippen LogP contribution in [-0.2, 0) is 5.41 Å². The quantitative estimate of drug-likeness (QED) is 0.901. The predicted octanol–water partition coefficient (Wildman–Crippen LogP) is 2.64. The van der Waals surface area contributed by atoms with Gasteiger partial charge in [-0.3, -0.25) is 9.78 Å². The van der Waals surface area contributed by atoms with Crippen LogP contribution in [0, 0.1) is 0 Å². The summed E-state index contributed by atoms with van der Waals surface area (Å²) >= 11 is 0. The lowest BCUT2D eigenvalue weighted by atomic mass is 9.93. The minimum Gasteiger partial charge on any atom is -0.348 e. The van der Waals surface area contributed by atoms with Crippen molar-refractivity contribution in [2.45, 2.75) is 39.2 Å². The van der Waals surface area contributed by atoms with Gasteiger partial charge in [-0.1, -0.05) is 51.1 Å². The van der Waals surface area contributed by atoms with Gasteiger partial charge in [0, 0.05) is 5.41 Å². The molecule has 0 bridgehead atoms. The van der Waals surface area contributed by atoms with Gasteiger partial charge < -0.3 is 5.32 Å². The molecular weight excluding hydrogens is 252 g/mol. The zero-order valence-electron chi connectivity index (χ0n) is 12.3. The second kappa shape index (κ2) is 5.45. The summed E-state index contributed by atoms with van der Waals surface area (Å²) in [6, 6.07) is 10.0. The average molecular weight is 272 g/mol. The molecule has 0 saturated carbocycles. The molecule has 1 aromatic heterocycles. The van der Waals surface area contributed by atoms with Crippen LogP contribution in [0.5, 0.6) is 0 Å². The maximum atomic E-state index is 12.0. The van der Waals surface area contributed by atoms with E-state index in [1.54, 1.807) is 0 Å². The maximum absolute atomic E-state index is 12.0. The summed E-state index contributed by atoms with van der Waals surface area (Å²) in [6.07, 6.45) is 0. The van der Waals surface area contributed by atoms with Gasteiger partial charge in [0.1, 0.15) is 5.69 Å². The van der Waals surface area contributed by atoms with Gasteiger partial charge in [0.05, 0.1) is 6.04 Å². The topological polar surface area (TPSA) is 70.7 Å². The van der Waals surface area contributed by atoms with Crippen molar-refractivity contribution in [1.82, 2.24) is 15.2 Å². The van der Waals surface area contributed by atoms with Gasteiger partial charge in [-0.2, -0.15) is 0 Å². The Morgan fingerprint density at radius 3 is 2.35 bits per heavy atom. The van der Waals surface area contributed by atoms with Crippen molar-refractivity contribution in [3.8, 4) is 0 Å². The number of benzene rings is 1. The first-order valence-electron chi connectivity index (χ1n) is 6.67. The number of aromatic nitrogens is 3. The Balaban J connectivity index is 2.20. The molecule has 0 fully saturated rings. The molecule has 0 aliphatic carbocycles. The third kappa shape index (κ3) is 3.23. The number of rotatable bonds is 3. The molecule has 0 radical (unpaired) electrons. The maximum Gasteiger partial charge on any atom is 0.274 e. The SMILES string of the molecule is CC(Nc1nnc(C(C)(C)C)c(=O)[nH]1)c1ccccc1. The number of anilines is 1. The Bertz CT molecular complexity index is 628. The van der Waals surface area contributed by atoms with Crippen LogP contribution in [0.3, 0.4) is 0 Å². The summed E-state index contributed by atoms with van der Waals surface area (Å²) in [5, 5.41) is 11.2. The molecule has 20 heavy (non-hydrogen) atoms. The van der Waals surface area contributed by atoms with Crippen LogP contribution in [0.15, 0.2) is 35.1 Å². The lowest BCUT2D eigenvalue weighted by molar-refractivity contribution is 0.546. The van der Waals surface area contributed by atoms with Gasteiger partial charge >= 0.3 is 0 Å². The summed E-state index contributed by atoms with van der Waals surface area (Å²) in [5.74, 6) is 0.388. The minimum atomic E-state index is -0.315. The van der Waals surface area contributed by atoms with E-state index in [1.807, 2.05) is 58.0 Å². The van der Waals surface area contributed by atoms with Crippen molar-refractivity contribution < 1.29 is 0 Å². The fraction of sp³-hybridized carbons (Fsp3) is 0.400. The third-order valence-corrected chi connectivity index (χ3v) is 3.06. The molecule has 106 valence electrons. The Morgan fingerprint density at radius 1 is 1.15 bits per heavy atom. The van der Waals surface area contributed by atoms with E-state index in [4.69, 9.17) is 0 Å². The molecule has 0 spiro atoms. The van der Waals surface area contributed by atoms with Gasteiger partial charge in [0.15, 0.2) is 0 Å². The molecule has 0 saturated heterocycles. The van der Waals surface area contributed by atoms with Gasteiger partial charge in [-0.25, -0.2) is 0 Å². The molecule has 2 rings (SSSR count). The number of hydrogen-bond acceptors (Lipinski definition) is 4. The highest BCUT2D eigenvalue weighted by Crippen LogP contribution is 2.17. The largest absolute Gasteiger partial charge is 0.348 e. The molecule has 1 unspecified atom stereocenters. The molecule has 1 atom stereocenters. The molecule has 5 nitrogen and oxygen atoms in total. The molecule has 0 aliphatic rings. The van der Waals surface area contributed by atoms with Gasteiger partial charge in [-0.15, -0.1) is 10.2 Å².